The Balaban J connectivity index is 2.00. The molecule has 0 saturated heterocycles. The van der Waals surface area contributed by atoms with Gasteiger partial charge in [-0.3, -0.25) is 4.57 Å². The second kappa shape index (κ2) is 5.79. The van der Waals surface area contributed by atoms with Crippen molar-refractivity contribution in [3.05, 3.63) is 39.9 Å². The van der Waals surface area contributed by atoms with Crippen LogP contribution in [0.25, 0.3) is 5.69 Å². The maximum Gasteiger partial charge on any atom is 0.207 e. The van der Waals surface area contributed by atoms with E-state index in [1.54, 1.807) is 6.07 Å². The van der Waals surface area contributed by atoms with E-state index in [1.165, 1.54) is 25.7 Å². The number of aromatic nitrogens is 2. The lowest BCUT2D eigenvalue weighted by molar-refractivity contribution is 0.619. The summed E-state index contributed by atoms with van der Waals surface area (Å²) in [5, 5.41) is 3.53. The van der Waals surface area contributed by atoms with Crippen LogP contribution < -0.4 is 5.32 Å². The molecule has 0 unspecified atom stereocenters. The quantitative estimate of drug-likeness (QED) is 0.864. The van der Waals surface area contributed by atoms with Crippen LogP contribution in [0.4, 0.5) is 10.3 Å². The molecule has 21 heavy (non-hydrogen) atoms. The first-order chi connectivity index (χ1) is 10.0. The first kappa shape index (κ1) is 14.6. The van der Waals surface area contributed by atoms with Crippen LogP contribution >= 0.6 is 15.9 Å². The molecule has 112 valence electrons. The average Bonchev–Trinajstić information content (AvgIpc) is 3.04. The van der Waals surface area contributed by atoms with E-state index in [-0.39, 0.29) is 5.82 Å². The maximum atomic E-state index is 13.6. The molecule has 1 N–H and O–H groups in total. The third kappa shape index (κ3) is 2.98. The number of rotatable bonds is 3. The van der Waals surface area contributed by atoms with Gasteiger partial charge in [-0.25, -0.2) is 9.37 Å². The van der Waals surface area contributed by atoms with Crippen molar-refractivity contribution in [3.8, 4) is 5.69 Å². The highest BCUT2D eigenvalue weighted by atomic mass is 79.9. The van der Waals surface area contributed by atoms with Crippen molar-refractivity contribution in [3.63, 3.8) is 0 Å². The zero-order chi connectivity index (χ0) is 15.0. The molecule has 0 bridgehead atoms. The van der Waals surface area contributed by atoms with Gasteiger partial charge in [0.05, 0.1) is 15.9 Å². The largest absolute Gasteiger partial charge is 0.353 e. The summed E-state index contributed by atoms with van der Waals surface area (Å²) in [6.07, 6.45) is 6.93. The van der Waals surface area contributed by atoms with Crippen molar-refractivity contribution in [1.82, 2.24) is 9.55 Å². The van der Waals surface area contributed by atoms with Crippen LogP contribution in [0, 0.1) is 19.7 Å². The molecular formula is C16H19BrFN3. The second-order valence-corrected chi connectivity index (χ2v) is 6.61. The lowest BCUT2D eigenvalue weighted by Gasteiger charge is -2.16. The standard InChI is InChI=1S/C16H19BrFN3/c1-10-7-14(18)13(17)8-15(10)21-9-11(2)19-16(21)20-12-5-3-4-6-12/h7-9,12H,3-6H2,1-2H3,(H,19,20). The van der Waals surface area contributed by atoms with E-state index in [0.717, 1.165) is 22.9 Å². The van der Waals surface area contributed by atoms with Crippen molar-refractivity contribution < 1.29 is 4.39 Å². The van der Waals surface area contributed by atoms with Crippen LogP contribution in [0.15, 0.2) is 22.8 Å². The van der Waals surface area contributed by atoms with E-state index in [9.17, 15) is 4.39 Å². The third-order valence-electron chi connectivity index (χ3n) is 4.01. The summed E-state index contributed by atoms with van der Waals surface area (Å²) in [6.45, 7) is 3.89. The number of nitrogens with one attached hydrogen (secondary N) is 1. The molecule has 1 saturated carbocycles. The van der Waals surface area contributed by atoms with Crippen molar-refractivity contribution in [1.29, 1.82) is 0 Å². The van der Waals surface area contributed by atoms with Crippen LogP contribution in [0.2, 0.25) is 0 Å². The van der Waals surface area contributed by atoms with Crippen LogP contribution in [0.5, 0.6) is 0 Å². The Morgan fingerprint density at radius 2 is 2.00 bits per heavy atom. The molecule has 0 radical (unpaired) electrons. The first-order valence-corrected chi connectivity index (χ1v) is 8.12. The molecule has 1 heterocycles. The van der Waals surface area contributed by atoms with E-state index >= 15 is 0 Å². The monoisotopic (exact) mass is 351 g/mol. The first-order valence-electron chi connectivity index (χ1n) is 7.33. The summed E-state index contributed by atoms with van der Waals surface area (Å²) in [6, 6.07) is 3.86. The van der Waals surface area contributed by atoms with Gasteiger partial charge in [0.2, 0.25) is 5.95 Å². The van der Waals surface area contributed by atoms with Gasteiger partial charge in [0.15, 0.2) is 0 Å². The summed E-state index contributed by atoms with van der Waals surface area (Å²) in [5.74, 6) is 0.611. The number of halogens is 2. The van der Waals surface area contributed by atoms with Crippen molar-refractivity contribution in [2.75, 3.05) is 5.32 Å². The number of nitrogens with zero attached hydrogens (tertiary/aromatic N) is 2. The SMILES string of the molecule is Cc1cn(-c2cc(Br)c(F)cc2C)c(NC2CCCC2)n1. The lowest BCUT2D eigenvalue weighted by atomic mass is 10.2. The highest BCUT2D eigenvalue weighted by Gasteiger charge is 2.18. The minimum atomic E-state index is -0.238. The normalized spacial score (nSPS) is 15.6. The Labute approximate surface area is 132 Å². The van der Waals surface area contributed by atoms with Gasteiger partial charge < -0.3 is 5.32 Å². The van der Waals surface area contributed by atoms with E-state index < -0.39 is 0 Å². The number of aryl methyl sites for hydroxylation is 2. The number of benzene rings is 1. The van der Waals surface area contributed by atoms with Crippen LogP contribution in [-0.2, 0) is 0 Å². The minimum Gasteiger partial charge on any atom is -0.353 e. The number of anilines is 1. The Hall–Kier alpha value is -1.36. The predicted molar refractivity (Wildman–Crippen MR) is 86.6 cm³/mol. The molecule has 0 atom stereocenters. The fourth-order valence-electron chi connectivity index (χ4n) is 2.93. The van der Waals surface area contributed by atoms with Crippen molar-refractivity contribution in [2.45, 2.75) is 45.6 Å². The minimum absolute atomic E-state index is 0.238. The molecule has 3 nitrogen and oxygen atoms in total. The van der Waals surface area contributed by atoms with Crippen molar-refractivity contribution >= 4 is 21.9 Å². The van der Waals surface area contributed by atoms with Gasteiger partial charge in [0, 0.05) is 12.2 Å². The van der Waals surface area contributed by atoms with Gasteiger partial charge in [-0.2, -0.15) is 0 Å². The van der Waals surface area contributed by atoms with E-state index in [2.05, 4.69) is 26.2 Å². The third-order valence-corrected chi connectivity index (χ3v) is 4.62. The van der Waals surface area contributed by atoms with E-state index in [1.807, 2.05) is 30.7 Å². The van der Waals surface area contributed by atoms with Crippen LogP contribution in [0.3, 0.4) is 0 Å². The zero-order valence-electron chi connectivity index (χ0n) is 12.3. The molecule has 1 fully saturated rings. The highest BCUT2D eigenvalue weighted by Crippen LogP contribution is 2.28. The molecule has 3 rings (SSSR count). The van der Waals surface area contributed by atoms with Gasteiger partial charge in [-0.15, -0.1) is 0 Å². The lowest BCUT2D eigenvalue weighted by Crippen LogP contribution is -2.18. The molecular weight excluding hydrogens is 333 g/mol. The summed E-state index contributed by atoms with van der Waals surface area (Å²) < 4.78 is 16.1. The number of hydrogen-bond donors (Lipinski definition) is 1. The Bertz CT molecular complexity index is 660. The smallest absolute Gasteiger partial charge is 0.207 e. The van der Waals surface area contributed by atoms with Crippen molar-refractivity contribution in [2.24, 2.45) is 0 Å². The molecule has 0 spiro atoms. The van der Waals surface area contributed by atoms with Crippen LogP contribution in [-0.4, -0.2) is 15.6 Å². The average molecular weight is 352 g/mol. The van der Waals surface area contributed by atoms with Gasteiger partial charge in [-0.05, 0) is 60.3 Å². The van der Waals surface area contributed by atoms with Gasteiger partial charge in [0.25, 0.3) is 0 Å². The Morgan fingerprint density at radius 1 is 1.29 bits per heavy atom. The zero-order valence-corrected chi connectivity index (χ0v) is 13.9. The van der Waals surface area contributed by atoms with Gasteiger partial charge in [0.1, 0.15) is 5.82 Å². The second-order valence-electron chi connectivity index (χ2n) is 5.75. The Kier molecular flexibility index (Phi) is 4.02. The van der Waals surface area contributed by atoms with Gasteiger partial charge >= 0.3 is 0 Å². The fraction of sp³-hybridized carbons (Fsp3) is 0.438. The Morgan fingerprint density at radius 3 is 2.71 bits per heavy atom. The highest BCUT2D eigenvalue weighted by molar-refractivity contribution is 9.10. The summed E-state index contributed by atoms with van der Waals surface area (Å²) in [5.41, 5.74) is 2.79. The molecule has 1 aromatic heterocycles. The number of imidazole rings is 1. The molecule has 0 aliphatic heterocycles. The van der Waals surface area contributed by atoms with E-state index in [4.69, 9.17) is 0 Å². The molecule has 1 aliphatic rings. The predicted octanol–water partition coefficient (Wildman–Crippen LogP) is 4.75. The fourth-order valence-corrected chi connectivity index (χ4v) is 3.26. The summed E-state index contributed by atoms with van der Waals surface area (Å²) >= 11 is 3.27. The van der Waals surface area contributed by atoms with Gasteiger partial charge in [-0.1, -0.05) is 12.8 Å². The maximum absolute atomic E-state index is 13.6. The molecule has 5 heteroatoms. The summed E-state index contributed by atoms with van der Waals surface area (Å²) in [4.78, 5) is 4.59. The van der Waals surface area contributed by atoms with E-state index in [0.29, 0.717) is 10.5 Å². The molecule has 0 amide bonds. The molecule has 1 aromatic carbocycles. The summed E-state index contributed by atoms with van der Waals surface area (Å²) in [7, 11) is 0. The molecule has 1 aliphatic carbocycles. The van der Waals surface area contributed by atoms with Crippen LogP contribution in [0.1, 0.15) is 36.9 Å². The molecule has 2 aromatic rings. The topological polar surface area (TPSA) is 29.9 Å². The number of hydrogen-bond acceptors (Lipinski definition) is 2.